The van der Waals surface area contributed by atoms with Crippen molar-refractivity contribution in [2.45, 2.75) is 44.8 Å². The molecule has 0 radical (unpaired) electrons. The molecule has 1 aliphatic carbocycles. The molecule has 2 heterocycles. The van der Waals surface area contributed by atoms with E-state index in [1.165, 1.54) is 29.2 Å². The zero-order valence-electron chi connectivity index (χ0n) is 14.9. The van der Waals surface area contributed by atoms with E-state index in [2.05, 4.69) is 20.4 Å². The van der Waals surface area contributed by atoms with Gasteiger partial charge in [0, 0.05) is 29.9 Å². The summed E-state index contributed by atoms with van der Waals surface area (Å²) < 4.78 is 15.1. The van der Waals surface area contributed by atoms with E-state index in [-0.39, 0.29) is 29.8 Å². The lowest BCUT2D eigenvalue weighted by atomic mass is 9.93. The fraction of sp³-hybridized carbons (Fsp3) is 0.368. The lowest BCUT2D eigenvalue weighted by Gasteiger charge is -2.26. The largest absolute Gasteiger partial charge is 0.393 e. The third kappa shape index (κ3) is 3.52. The molecule has 8 heteroatoms. The topological polar surface area (TPSA) is 92.9 Å². The van der Waals surface area contributed by atoms with Crippen LogP contribution in [0.3, 0.4) is 0 Å². The molecule has 1 aliphatic rings. The Morgan fingerprint density at radius 3 is 2.63 bits per heavy atom. The number of halogens is 1. The molecule has 7 nitrogen and oxygen atoms in total. The van der Waals surface area contributed by atoms with Gasteiger partial charge in [0.15, 0.2) is 0 Å². The van der Waals surface area contributed by atoms with Crippen LogP contribution in [0.15, 0.2) is 30.6 Å². The number of aliphatic hydroxyl groups is 1. The minimum atomic E-state index is -0.364. The maximum atomic E-state index is 13.6. The minimum absolute atomic E-state index is 0.0567. The van der Waals surface area contributed by atoms with Crippen molar-refractivity contribution in [3.63, 3.8) is 0 Å². The Balaban J connectivity index is 1.54. The second kappa shape index (κ2) is 7.03. The molecule has 140 valence electrons. The molecular formula is C19H20FN5O2. The number of hydrogen-bond donors (Lipinski definition) is 2. The molecular weight excluding hydrogens is 349 g/mol. The van der Waals surface area contributed by atoms with E-state index < -0.39 is 0 Å². The van der Waals surface area contributed by atoms with E-state index in [4.69, 9.17) is 0 Å². The molecule has 4 rings (SSSR count). The molecule has 1 amide bonds. The summed E-state index contributed by atoms with van der Waals surface area (Å²) in [5.41, 5.74) is 1.67. The Bertz CT molecular complexity index is 978. The summed E-state index contributed by atoms with van der Waals surface area (Å²) >= 11 is 0. The number of nitrogens with one attached hydrogen (secondary N) is 1. The number of aryl methyl sites for hydroxylation is 1. The lowest BCUT2D eigenvalue weighted by Crippen LogP contribution is -2.38. The number of fused-ring (bicyclic) bond motifs is 1. The van der Waals surface area contributed by atoms with Crippen LogP contribution in [0, 0.1) is 12.7 Å². The Morgan fingerprint density at radius 1 is 1.22 bits per heavy atom. The van der Waals surface area contributed by atoms with Crippen LogP contribution in [-0.2, 0) is 0 Å². The van der Waals surface area contributed by atoms with E-state index >= 15 is 0 Å². The maximum absolute atomic E-state index is 13.6. The summed E-state index contributed by atoms with van der Waals surface area (Å²) in [6.07, 6.45) is 5.53. The van der Waals surface area contributed by atoms with Gasteiger partial charge in [-0.15, -0.1) is 0 Å². The SMILES string of the molecule is Cc1nn(-c2ncc(C(=O)NC3CCC(O)CC3)cn2)c2cc(F)ccc12. The third-order valence-electron chi connectivity index (χ3n) is 4.95. The van der Waals surface area contributed by atoms with Gasteiger partial charge >= 0.3 is 0 Å². The highest BCUT2D eigenvalue weighted by molar-refractivity contribution is 5.93. The number of nitrogens with zero attached hydrogens (tertiary/aromatic N) is 4. The molecule has 2 N–H and O–H groups in total. The predicted octanol–water partition coefficient (Wildman–Crippen LogP) is 2.30. The number of carbonyl (C=O) groups is 1. The van der Waals surface area contributed by atoms with Gasteiger partial charge < -0.3 is 10.4 Å². The Labute approximate surface area is 155 Å². The van der Waals surface area contributed by atoms with Gasteiger partial charge in [0.1, 0.15) is 5.82 Å². The standard InChI is InChI=1S/C19H20FN5O2/c1-11-16-7-2-13(20)8-17(16)25(24-11)19-21-9-12(10-22-19)18(27)23-14-3-5-15(26)6-4-14/h2,7-10,14-15,26H,3-6H2,1H3,(H,23,27). The first kappa shape index (κ1) is 17.5. The van der Waals surface area contributed by atoms with Crippen molar-refractivity contribution in [1.29, 1.82) is 0 Å². The summed E-state index contributed by atoms with van der Waals surface area (Å²) in [6, 6.07) is 4.50. The van der Waals surface area contributed by atoms with Crippen LogP contribution in [0.1, 0.15) is 41.7 Å². The van der Waals surface area contributed by atoms with E-state index in [1.54, 1.807) is 6.07 Å². The van der Waals surface area contributed by atoms with Gasteiger partial charge in [0.05, 0.1) is 22.9 Å². The number of rotatable bonds is 3. The van der Waals surface area contributed by atoms with Crippen molar-refractivity contribution in [2.24, 2.45) is 0 Å². The first-order chi connectivity index (χ1) is 13.0. The smallest absolute Gasteiger partial charge is 0.254 e. The van der Waals surface area contributed by atoms with Gasteiger partial charge in [-0.3, -0.25) is 4.79 Å². The number of aromatic nitrogens is 4. The summed E-state index contributed by atoms with van der Waals surface area (Å²) in [5, 5.41) is 17.7. The Kier molecular flexibility index (Phi) is 4.57. The normalized spacial score (nSPS) is 20.0. The zero-order valence-corrected chi connectivity index (χ0v) is 14.9. The highest BCUT2D eigenvalue weighted by Crippen LogP contribution is 2.21. The molecule has 0 atom stereocenters. The second-order valence-electron chi connectivity index (χ2n) is 6.91. The number of hydrogen-bond acceptors (Lipinski definition) is 5. The highest BCUT2D eigenvalue weighted by Gasteiger charge is 2.21. The average molecular weight is 369 g/mol. The molecule has 3 aromatic rings. The van der Waals surface area contributed by atoms with Crippen LogP contribution in [0.2, 0.25) is 0 Å². The molecule has 1 aromatic carbocycles. The molecule has 0 bridgehead atoms. The lowest BCUT2D eigenvalue weighted by molar-refractivity contribution is 0.0867. The van der Waals surface area contributed by atoms with Crippen molar-refractivity contribution >= 4 is 16.8 Å². The predicted molar refractivity (Wildman–Crippen MR) is 97.1 cm³/mol. The Hall–Kier alpha value is -2.87. The van der Waals surface area contributed by atoms with Crippen molar-refractivity contribution in [2.75, 3.05) is 0 Å². The molecule has 0 unspecified atom stereocenters. The number of carbonyl (C=O) groups excluding carboxylic acids is 1. The van der Waals surface area contributed by atoms with Crippen LogP contribution in [0.5, 0.6) is 0 Å². The van der Waals surface area contributed by atoms with E-state index in [0.717, 1.165) is 23.9 Å². The van der Waals surface area contributed by atoms with Crippen molar-refractivity contribution in [3.05, 3.63) is 47.7 Å². The molecule has 2 aromatic heterocycles. The van der Waals surface area contributed by atoms with Gasteiger partial charge in [-0.1, -0.05) is 0 Å². The van der Waals surface area contributed by atoms with E-state index in [9.17, 15) is 14.3 Å². The summed E-state index contributed by atoms with van der Waals surface area (Å²) in [7, 11) is 0. The molecule has 27 heavy (non-hydrogen) atoms. The first-order valence-electron chi connectivity index (χ1n) is 8.97. The molecule has 0 aliphatic heterocycles. The number of aliphatic hydroxyl groups excluding tert-OH is 1. The van der Waals surface area contributed by atoms with E-state index in [1.807, 2.05) is 6.92 Å². The molecule has 0 spiro atoms. The minimum Gasteiger partial charge on any atom is -0.393 e. The van der Waals surface area contributed by atoms with E-state index in [0.29, 0.717) is 23.9 Å². The fourth-order valence-electron chi connectivity index (χ4n) is 3.43. The van der Waals surface area contributed by atoms with Gasteiger partial charge in [-0.2, -0.15) is 9.78 Å². The number of benzene rings is 1. The fourth-order valence-corrected chi connectivity index (χ4v) is 3.43. The van der Waals surface area contributed by atoms with Gasteiger partial charge in [0.25, 0.3) is 11.9 Å². The van der Waals surface area contributed by atoms with Crippen molar-refractivity contribution in [1.82, 2.24) is 25.1 Å². The van der Waals surface area contributed by atoms with Gasteiger partial charge in [0.2, 0.25) is 0 Å². The monoisotopic (exact) mass is 369 g/mol. The summed E-state index contributed by atoms with van der Waals surface area (Å²) in [4.78, 5) is 20.8. The Morgan fingerprint density at radius 2 is 1.93 bits per heavy atom. The van der Waals surface area contributed by atoms with Crippen LogP contribution in [-0.4, -0.2) is 42.9 Å². The number of amides is 1. The average Bonchev–Trinajstić information content (AvgIpc) is 2.99. The zero-order chi connectivity index (χ0) is 19.0. The van der Waals surface area contributed by atoms with Gasteiger partial charge in [-0.25, -0.2) is 14.4 Å². The summed E-state index contributed by atoms with van der Waals surface area (Å²) in [6.45, 7) is 1.83. The van der Waals surface area contributed by atoms with Crippen LogP contribution < -0.4 is 5.32 Å². The highest BCUT2D eigenvalue weighted by atomic mass is 19.1. The first-order valence-corrected chi connectivity index (χ1v) is 8.97. The molecule has 1 saturated carbocycles. The van der Waals surface area contributed by atoms with Crippen molar-refractivity contribution < 1.29 is 14.3 Å². The maximum Gasteiger partial charge on any atom is 0.254 e. The quantitative estimate of drug-likeness (QED) is 0.739. The van der Waals surface area contributed by atoms with Crippen molar-refractivity contribution in [3.8, 4) is 5.95 Å². The van der Waals surface area contributed by atoms with Gasteiger partial charge in [-0.05, 0) is 44.7 Å². The molecule has 1 fully saturated rings. The van der Waals surface area contributed by atoms with Crippen LogP contribution in [0.4, 0.5) is 4.39 Å². The third-order valence-corrected chi connectivity index (χ3v) is 4.95. The van der Waals surface area contributed by atoms with Crippen LogP contribution >= 0.6 is 0 Å². The van der Waals surface area contributed by atoms with Crippen LogP contribution in [0.25, 0.3) is 16.9 Å². The molecule has 0 saturated heterocycles. The summed E-state index contributed by atoms with van der Waals surface area (Å²) in [5.74, 6) is -0.330. The second-order valence-corrected chi connectivity index (χ2v) is 6.91.